The van der Waals surface area contributed by atoms with Crippen molar-refractivity contribution in [3.8, 4) is 23.0 Å². The van der Waals surface area contributed by atoms with Crippen molar-refractivity contribution in [2.45, 2.75) is 68.4 Å². The average Bonchev–Trinajstić information content (AvgIpc) is 3.29. The largest absolute Gasteiger partial charge is 0.508 e. The zero-order valence-electron chi connectivity index (χ0n) is 27.6. The lowest BCUT2D eigenvalue weighted by atomic mass is 9.94. The number of anilines is 1. The summed E-state index contributed by atoms with van der Waals surface area (Å²) in [6, 6.07) is 7.35. The fourth-order valence-electron chi connectivity index (χ4n) is 5.85. The van der Waals surface area contributed by atoms with Crippen molar-refractivity contribution in [3.63, 3.8) is 0 Å². The zero-order valence-corrected chi connectivity index (χ0v) is 28.4. The number of hydrogen-bond donors (Lipinski definition) is 6. The molecule has 0 bridgehead atoms. The van der Waals surface area contributed by atoms with Crippen LogP contribution in [0, 0.1) is 0 Å². The standard InChI is InChI=1S/C33H35N7O9S/c1-15(41)38-32(2,3)31(49)36-18-10-6-17(7-11-18)24-35-14-20(25(43)37-24)26(44)39(27(45)21(34)16-8-12-19(42)13-9-16)22-28(46)40-23(30(47)48)33(4,5)50-29(22)40/h6-14,21-23,29,42H,34H2,1-5H3,(H,36,49)(H,38,41)(H,47,48)(H,35,37,43)/t21?,22-,23+,29-/m1/s1. The van der Waals surface area contributed by atoms with E-state index < -0.39 is 74.8 Å². The lowest BCUT2D eigenvalue weighted by Gasteiger charge is -2.47. The number of nitrogens with two attached hydrogens (primary N) is 1. The number of aliphatic carboxylic acids is 1. The van der Waals surface area contributed by atoms with Crippen LogP contribution in [0.2, 0.25) is 0 Å². The molecular weight excluding hydrogens is 670 g/mol. The first-order chi connectivity index (χ1) is 23.3. The van der Waals surface area contributed by atoms with Gasteiger partial charge in [-0.15, -0.1) is 11.8 Å². The van der Waals surface area contributed by atoms with Gasteiger partial charge in [0.1, 0.15) is 40.4 Å². The quantitative estimate of drug-likeness (QED) is 0.173. The first-order valence-corrected chi connectivity index (χ1v) is 16.1. The van der Waals surface area contributed by atoms with Gasteiger partial charge in [-0.3, -0.25) is 28.9 Å². The van der Waals surface area contributed by atoms with Crippen molar-refractivity contribution < 1.29 is 44.1 Å². The Balaban J connectivity index is 1.43. The van der Waals surface area contributed by atoms with E-state index in [0.29, 0.717) is 16.2 Å². The van der Waals surface area contributed by atoms with E-state index >= 15 is 0 Å². The zero-order chi connectivity index (χ0) is 36.9. The van der Waals surface area contributed by atoms with Crippen LogP contribution in [0.5, 0.6) is 11.6 Å². The Morgan fingerprint density at radius 1 is 1.04 bits per heavy atom. The molecule has 262 valence electrons. The maximum atomic E-state index is 14.1. The van der Waals surface area contributed by atoms with Gasteiger partial charge in [0.05, 0.1) is 0 Å². The number of aromatic nitrogens is 2. The molecular formula is C33H35N7O9S. The van der Waals surface area contributed by atoms with E-state index in [1.807, 2.05) is 0 Å². The number of carbonyl (C=O) groups is 6. The van der Waals surface area contributed by atoms with Crippen LogP contribution < -0.4 is 16.4 Å². The number of thioether (sulfide) groups is 1. The molecule has 1 aromatic heterocycles. The van der Waals surface area contributed by atoms with Crippen molar-refractivity contribution in [2.75, 3.05) is 5.32 Å². The summed E-state index contributed by atoms with van der Waals surface area (Å²) in [6.45, 7) is 7.67. The molecule has 2 aromatic carbocycles. The van der Waals surface area contributed by atoms with Crippen LogP contribution in [0.25, 0.3) is 11.4 Å². The van der Waals surface area contributed by atoms with E-state index in [2.05, 4.69) is 20.6 Å². The Kier molecular flexibility index (Phi) is 9.33. The molecule has 4 atom stereocenters. The van der Waals surface area contributed by atoms with Crippen molar-refractivity contribution in [3.05, 3.63) is 65.9 Å². The maximum Gasteiger partial charge on any atom is 0.327 e. The number of phenolic OH excluding ortho intramolecular Hbond substituents is 1. The molecule has 2 fully saturated rings. The molecule has 3 aromatic rings. The van der Waals surface area contributed by atoms with Gasteiger partial charge < -0.3 is 36.6 Å². The number of β-lactam (4-membered cyclic amide) rings is 1. The summed E-state index contributed by atoms with van der Waals surface area (Å²) in [5, 5.41) is 34.8. The summed E-state index contributed by atoms with van der Waals surface area (Å²) in [5.41, 5.74) is 5.56. The normalized spacial score (nSPS) is 19.8. The molecule has 0 spiro atoms. The van der Waals surface area contributed by atoms with Crippen molar-refractivity contribution in [1.29, 1.82) is 0 Å². The minimum Gasteiger partial charge on any atom is -0.508 e. The molecule has 50 heavy (non-hydrogen) atoms. The molecule has 1 unspecified atom stereocenters. The molecule has 16 nitrogen and oxygen atoms in total. The van der Waals surface area contributed by atoms with Gasteiger partial charge in [-0.2, -0.15) is 4.98 Å². The summed E-state index contributed by atoms with van der Waals surface area (Å²) in [4.78, 5) is 87.7. The summed E-state index contributed by atoms with van der Waals surface area (Å²) < 4.78 is -0.968. The first-order valence-electron chi connectivity index (χ1n) is 15.3. The second-order valence-corrected chi connectivity index (χ2v) is 14.7. The monoisotopic (exact) mass is 705 g/mol. The SMILES string of the molecule is CC(=O)NC(C)(C)C(=O)Nc1ccc(-c2ncc(C(=O)N(C(=O)C(N)c3ccc(O)cc3)[C@@H]3C(=O)N4[C@@H]3SC(C)(C)[C@@H]4C(=O)O)c(O)n2)cc1. The van der Waals surface area contributed by atoms with Crippen LogP contribution in [0.4, 0.5) is 5.69 Å². The van der Waals surface area contributed by atoms with Crippen molar-refractivity contribution in [2.24, 2.45) is 5.73 Å². The van der Waals surface area contributed by atoms with Gasteiger partial charge >= 0.3 is 5.97 Å². The minimum atomic E-state index is -1.48. The Hall–Kier alpha value is -5.55. The van der Waals surface area contributed by atoms with Crippen LogP contribution in [-0.4, -0.2) is 98.3 Å². The highest BCUT2D eigenvalue weighted by Gasteiger charge is 2.67. The van der Waals surface area contributed by atoms with E-state index in [4.69, 9.17) is 5.73 Å². The van der Waals surface area contributed by atoms with Crippen molar-refractivity contribution in [1.82, 2.24) is 25.1 Å². The van der Waals surface area contributed by atoms with Gasteiger partial charge in [0.25, 0.3) is 17.7 Å². The molecule has 7 N–H and O–H groups in total. The number of aromatic hydroxyl groups is 2. The van der Waals surface area contributed by atoms with Gasteiger partial charge in [0.2, 0.25) is 17.7 Å². The number of nitrogens with one attached hydrogen (secondary N) is 2. The average molecular weight is 706 g/mol. The number of hydrogen-bond acceptors (Lipinski definition) is 12. The summed E-state index contributed by atoms with van der Waals surface area (Å²) in [5.74, 6) is -5.94. The second-order valence-electron chi connectivity index (χ2n) is 12.9. The number of nitrogens with zero attached hydrogens (tertiary/aromatic N) is 4. The number of imide groups is 1. The number of amides is 5. The van der Waals surface area contributed by atoms with Crippen molar-refractivity contribution >= 4 is 53.0 Å². The molecule has 2 aliphatic heterocycles. The number of carbonyl (C=O) groups excluding carboxylic acids is 5. The van der Waals surface area contributed by atoms with Crippen LogP contribution in [0.15, 0.2) is 54.7 Å². The van der Waals surface area contributed by atoms with Crippen LogP contribution in [0.3, 0.4) is 0 Å². The third-order valence-electron chi connectivity index (χ3n) is 8.36. The highest BCUT2D eigenvalue weighted by Crippen LogP contribution is 2.52. The lowest BCUT2D eigenvalue weighted by molar-refractivity contribution is -0.166. The number of benzene rings is 2. The first kappa shape index (κ1) is 35.7. The maximum absolute atomic E-state index is 14.1. The van der Waals surface area contributed by atoms with E-state index in [0.717, 1.165) is 22.9 Å². The summed E-state index contributed by atoms with van der Waals surface area (Å²) in [7, 11) is 0. The number of carboxylic acid groups (broad SMARTS) is 1. The molecule has 0 aliphatic carbocycles. The fraction of sp³-hybridized carbons (Fsp3) is 0.333. The number of rotatable bonds is 9. The van der Waals surface area contributed by atoms with Crippen LogP contribution in [-0.2, 0) is 24.0 Å². The second kappa shape index (κ2) is 13.1. The molecule has 5 amide bonds. The van der Waals surface area contributed by atoms with Gasteiger partial charge in [-0.25, -0.2) is 9.78 Å². The van der Waals surface area contributed by atoms with E-state index in [9.17, 15) is 44.1 Å². The lowest BCUT2D eigenvalue weighted by Crippen LogP contribution is -2.72. The van der Waals surface area contributed by atoms with Gasteiger partial charge in [-0.1, -0.05) is 12.1 Å². The predicted octanol–water partition coefficient (Wildman–Crippen LogP) is 1.59. The highest BCUT2D eigenvalue weighted by atomic mass is 32.2. The van der Waals surface area contributed by atoms with Crippen LogP contribution in [0.1, 0.15) is 56.6 Å². The third-order valence-corrected chi connectivity index (χ3v) is 9.91. The Morgan fingerprint density at radius 2 is 1.66 bits per heavy atom. The number of fused-ring (bicyclic) bond motifs is 1. The van der Waals surface area contributed by atoms with Gasteiger partial charge in [0, 0.05) is 29.1 Å². The topological polar surface area (TPSA) is 245 Å². The highest BCUT2D eigenvalue weighted by molar-refractivity contribution is 8.01. The van der Waals surface area contributed by atoms with E-state index in [-0.39, 0.29) is 23.0 Å². The molecule has 2 saturated heterocycles. The van der Waals surface area contributed by atoms with E-state index in [1.165, 1.54) is 31.2 Å². The van der Waals surface area contributed by atoms with Gasteiger partial charge in [0.15, 0.2) is 5.82 Å². The Bertz CT molecular complexity index is 1900. The van der Waals surface area contributed by atoms with E-state index in [1.54, 1.807) is 52.0 Å². The Labute approximate surface area is 290 Å². The Morgan fingerprint density at radius 3 is 2.22 bits per heavy atom. The molecule has 5 rings (SSSR count). The number of carboxylic acids is 1. The van der Waals surface area contributed by atoms with Gasteiger partial charge in [-0.05, 0) is 69.7 Å². The minimum absolute atomic E-state index is 0.0162. The predicted molar refractivity (Wildman–Crippen MR) is 179 cm³/mol. The molecule has 0 radical (unpaired) electrons. The molecule has 17 heteroatoms. The molecule has 2 aliphatic rings. The molecule has 0 saturated carbocycles. The smallest absolute Gasteiger partial charge is 0.327 e. The summed E-state index contributed by atoms with van der Waals surface area (Å²) >= 11 is 1.11. The van der Waals surface area contributed by atoms with Crippen LogP contribution >= 0.6 is 11.8 Å². The fourth-order valence-corrected chi connectivity index (χ4v) is 7.52. The summed E-state index contributed by atoms with van der Waals surface area (Å²) in [6.07, 6.45) is 0.991. The molecule has 3 heterocycles. The third kappa shape index (κ3) is 6.56. The number of phenols is 1.